The Bertz CT molecular complexity index is 567. The average Bonchev–Trinajstić information content (AvgIpc) is 2.41. The monoisotopic (exact) mass is 263 g/mol. The number of piperidine rings is 1. The van der Waals surface area contributed by atoms with E-state index in [1.54, 1.807) is 0 Å². The van der Waals surface area contributed by atoms with Gasteiger partial charge < -0.3 is 10.0 Å². The first-order chi connectivity index (χ1) is 8.75. The summed E-state index contributed by atoms with van der Waals surface area (Å²) in [7, 11) is 0. The maximum atomic E-state index is 9.55. The summed E-state index contributed by atoms with van der Waals surface area (Å²) in [5.41, 5.74) is 0. The minimum absolute atomic E-state index is 0.187. The molecular weight excluding hydrogens is 250 g/mol. The molecule has 5 heteroatoms. The highest BCUT2D eigenvalue weighted by Gasteiger charge is 2.20. The van der Waals surface area contributed by atoms with Crippen LogP contribution in [0.25, 0.3) is 10.8 Å². The Kier molecular flexibility index (Phi) is 3.06. The molecule has 0 amide bonds. The molecule has 94 valence electrons. The van der Waals surface area contributed by atoms with Crippen molar-refractivity contribution >= 4 is 28.2 Å². The highest BCUT2D eigenvalue weighted by Crippen LogP contribution is 2.29. The molecule has 0 atom stereocenters. The van der Waals surface area contributed by atoms with Gasteiger partial charge in [-0.1, -0.05) is 35.9 Å². The molecule has 2 heterocycles. The zero-order chi connectivity index (χ0) is 12.5. The van der Waals surface area contributed by atoms with Crippen molar-refractivity contribution in [1.29, 1.82) is 0 Å². The van der Waals surface area contributed by atoms with Gasteiger partial charge in [0, 0.05) is 23.9 Å². The number of benzene rings is 1. The molecule has 1 N–H and O–H groups in total. The van der Waals surface area contributed by atoms with E-state index < -0.39 is 0 Å². The molecule has 0 unspecified atom stereocenters. The summed E-state index contributed by atoms with van der Waals surface area (Å²) >= 11 is 6.06. The molecule has 1 aromatic carbocycles. The molecule has 2 aromatic rings. The summed E-state index contributed by atoms with van der Waals surface area (Å²) in [6.07, 6.45) is 1.37. The number of aliphatic hydroxyl groups excluding tert-OH is 1. The van der Waals surface area contributed by atoms with E-state index in [1.165, 1.54) is 0 Å². The van der Waals surface area contributed by atoms with Crippen molar-refractivity contribution in [2.45, 2.75) is 18.9 Å². The molecule has 1 saturated heterocycles. The van der Waals surface area contributed by atoms with Crippen molar-refractivity contribution in [3.05, 3.63) is 29.4 Å². The van der Waals surface area contributed by atoms with Gasteiger partial charge in [0.05, 0.1) is 6.10 Å². The van der Waals surface area contributed by atoms with Crippen molar-refractivity contribution in [1.82, 2.24) is 10.2 Å². The number of hydrogen-bond donors (Lipinski definition) is 1. The molecular formula is C13H14ClN3O. The van der Waals surface area contributed by atoms with E-state index in [2.05, 4.69) is 15.1 Å². The summed E-state index contributed by atoms with van der Waals surface area (Å²) in [6, 6.07) is 7.88. The van der Waals surface area contributed by atoms with Crippen molar-refractivity contribution in [3.63, 3.8) is 0 Å². The molecule has 1 aromatic heterocycles. The lowest BCUT2D eigenvalue weighted by Gasteiger charge is -2.30. The Morgan fingerprint density at radius 2 is 1.78 bits per heavy atom. The van der Waals surface area contributed by atoms with Gasteiger partial charge in [0.1, 0.15) is 0 Å². The zero-order valence-electron chi connectivity index (χ0n) is 9.88. The summed E-state index contributed by atoms with van der Waals surface area (Å²) in [5.74, 6) is 0.863. The predicted octanol–water partition coefficient (Wildman–Crippen LogP) is 2.24. The fourth-order valence-electron chi connectivity index (χ4n) is 2.37. The number of rotatable bonds is 1. The third-order valence-corrected chi connectivity index (χ3v) is 3.67. The lowest BCUT2D eigenvalue weighted by Crippen LogP contribution is -2.36. The number of halogens is 1. The van der Waals surface area contributed by atoms with Gasteiger partial charge in [-0.3, -0.25) is 0 Å². The van der Waals surface area contributed by atoms with Gasteiger partial charge >= 0.3 is 0 Å². The van der Waals surface area contributed by atoms with E-state index in [1.807, 2.05) is 24.3 Å². The molecule has 0 saturated carbocycles. The molecule has 1 aliphatic rings. The van der Waals surface area contributed by atoms with Gasteiger partial charge in [-0.25, -0.2) is 0 Å². The molecule has 0 bridgehead atoms. The first-order valence-corrected chi connectivity index (χ1v) is 6.47. The standard InChI is InChI=1S/C13H14ClN3O/c14-12-10-3-1-2-4-11(10)13(16-15-12)17-7-5-9(18)6-8-17/h1-4,9,18H,5-8H2. The van der Waals surface area contributed by atoms with Crippen LogP contribution < -0.4 is 4.90 Å². The molecule has 18 heavy (non-hydrogen) atoms. The van der Waals surface area contributed by atoms with Crippen LogP contribution >= 0.6 is 11.6 Å². The van der Waals surface area contributed by atoms with Gasteiger partial charge in [-0.2, -0.15) is 0 Å². The molecule has 1 aliphatic heterocycles. The topological polar surface area (TPSA) is 49.2 Å². The maximum Gasteiger partial charge on any atom is 0.159 e. The minimum Gasteiger partial charge on any atom is -0.393 e. The summed E-state index contributed by atoms with van der Waals surface area (Å²) in [5, 5.41) is 20.2. The van der Waals surface area contributed by atoms with Crippen LogP contribution in [0.5, 0.6) is 0 Å². The largest absolute Gasteiger partial charge is 0.393 e. The minimum atomic E-state index is -0.187. The fourth-order valence-corrected chi connectivity index (χ4v) is 2.57. The molecule has 3 rings (SSSR count). The van der Waals surface area contributed by atoms with Crippen molar-refractivity contribution < 1.29 is 5.11 Å². The second kappa shape index (κ2) is 4.71. The van der Waals surface area contributed by atoms with Crippen molar-refractivity contribution in [3.8, 4) is 0 Å². The van der Waals surface area contributed by atoms with Crippen LogP contribution in [0.3, 0.4) is 0 Å². The first kappa shape index (κ1) is 11.7. The van der Waals surface area contributed by atoms with E-state index in [4.69, 9.17) is 11.6 Å². The Morgan fingerprint density at radius 1 is 1.11 bits per heavy atom. The lowest BCUT2D eigenvalue weighted by molar-refractivity contribution is 0.145. The number of aliphatic hydroxyl groups is 1. The second-order valence-corrected chi connectivity index (χ2v) is 4.94. The number of anilines is 1. The summed E-state index contributed by atoms with van der Waals surface area (Å²) < 4.78 is 0. The van der Waals surface area contributed by atoms with Crippen LogP contribution in [0.4, 0.5) is 5.82 Å². The van der Waals surface area contributed by atoms with Crippen LogP contribution in [-0.2, 0) is 0 Å². The Labute approximate surface area is 110 Å². The third kappa shape index (κ3) is 2.02. The predicted molar refractivity (Wildman–Crippen MR) is 72.0 cm³/mol. The van der Waals surface area contributed by atoms with E-state index in [-0.39, 0.29) is 6.10 Å². The normalized spacial score (nSPS) is 17.3. The van der Waals surface area contributed by atoms with E-state index in [9.17, 15) is 5.11 Å². The fraction of sp³-hybridized carbons (Fsp3) is 0.385. The number of fused-ring (bicyclic) bond motifs is 1. The first-order valence-electron chi connectivity index (χ1n) is 6.09. The van der Waals surface area contributed by atoms with Gasteiger partial charge in [0.15, 0.2) is 11.0 Å². The van der Waals surface area contributed by atoms with Gasteiger partial charge in [-0.05, 0) is 12.8 Å². The molecule has 1 fully saturated rings. The van der Waals surface area contributed by atoms with E-state index >= 15 is 0 Å². The lowest BCUT2D eigenvalue weighted by atomic mass is 10.1. The van der Waals surface area contributed by atoms with Crippen LogP contribution in [0.2, 0.25) is 5.15 Å². The van der Waals surface area contributed by atoms with Gasteiger partial charge in [0.2, 0.25) is 0 Å². The van der Waals surface area contributed by atoms with Gasteiger partial charge in [0.25, 0.3) is 0 Å². The smallest absolute Gasteiger partial charge is 0.159 e. The zero-order valence-corrected chi connectivity index (χ0v) is 10.6. The summed E-state index contributed by atoms with van der Waals surface area (Å²) in [6.45, 7) is 1.61. The van der Waals surface area contributed by atoms with Crippen LogP contribution in [0, 0.1) is 0 Å². The number of hydrogen-bond acceptors (Lipinski definition) is 4. The SMILES string of the molecule is OC1CCN(c2nnc(Cl)c3ccccc23)CC1. The summed E-state index contributed by atoms with van der Waals surface area (Å²) in [4.78, 5) is 2.17. The molecule has 4 nitrogen and oxygen atoms in total. The average molecular weight is 264 g/mol. The number of aromatic nitrogens is 2. The molecule has 0 radical (unpaired) electrons. The van der Waals surface area contributed by atoms with Crippen LogP contribution in [0.1, 0.15) is 12.8 Å². The van der Waals surface area contributed by atoms with Crippen molar-refractivity contribution in [2.24, 2.45) is 0 Å². The Morgan fingerprint density at radius 3 is 2.50 bits per heavy atom. The van der Waals surface area contributed by atoms with E-state index in [0.717, 1.165) is 42.5 Å². The van der Waals surface area contributed by atoms with Crippen LogP contribution in [0.15, 0.2) is 24.3 Å². The van der Waals surface area contributed by atoms with Gasteiger partial charge in [-0.15, -0.1) is 10.2 Å². The number of nitrogens with zero attached hydrogens (tertiary/aromatic N) is 3. The molecule has 0 spiro atoms. The highest BCUT2D eigenvalue weighted by atomic mass is 35.5. The van der Waals surface area contributed by atoms with Crippen LogP contribution in [-0.4, -0.2) is 34.5 Å². The Balaban J connectivity index is 2.04. The quantitative estimate of drug-likeness (QED) is 0.857. The Hall–Kier alpha value is -1.39. The van der Waals surface area contributed by atoms with E-state index in [0.29, 0.717) is 5.15 Å². The maximum absolute atomic E-state index is 9.55. The second-order valence-electron chi connectivity index (χ2n) is 4.58. The third-order valence-electron chi connectivity index (χ3n) is 3.39. The highest BCUT2D eigenvalue weighted by molar-refractivity contribution is 6.34. The molecule has 0 aliphatic carbocycles. The van der Waals surface area contributed by atoms with Crippen molar-refractivity contribution in [2.75, 3.05) is 18.0 Å².